The van der Waals surface area contributed by atoms with Gasteiger partial charge in [0.15, 0.2) is 0 Å². The van der Waals surface area contributed by atoms with Crippen LogP contribution in [0.25, 0.3) is 0 Å². The second-order valence-corrected chi connectivity index (χ2v) is 5.80. The van der Waals surface area contributed by atoms with Crippen molar-refractivity contribution in [2.45, 2.75) is 38.3 Å². The maximum atomic E-state index is 12.2. The van der Waals surface area contributed by atoms with Gasteiger partial charge in [0.05, 0.1) is 5.92 Å². The fourth-order valence-corrected chi connectivity index (χ4v) is 3.24. The van der Waals surface area contributed by atoms with E-state index in [2.05, 4.69) is 14.9 Å². The molecule has 5 heteroatoms. The van der Waals surface area contributed by atoms with Gasteiger partial charge in [-0.1, -0.05) is 0 Å². The van der Waals surface area contributed by atoms with Gasteiger partial charge >= 0.3 is 0 Å². The number of carbonyl (C=O) groups excluding carboxylic acids is 1. The number of nitrogens with zero attached hydrogens (tertiary/aromatic N) is 2. The molecule has 0 unspecified atom stereocenters. The van der Waals surface area contributed by atoms with E-state index in [0.29, 0.717) is 0 Å². The summed E-state index contributed by atoms with van der Waals surface area (Å²) in [7, 11) is 0. The average Bonchev–Trinajstić information content (AvgIpc) is 3.08. The highest BCUT2D eigenvalue weighted by Gasteiger charge is 2.23. The van der Waals surface area contributed by atoms with Gasteiger partial charge in [0.2, 0.25) is 5.91 Å². The second kappa shape index (κ2) is 5.17. The van der Waals surface area contributed by atoms with Crippen LogP contribution in [-0.4, -0.2) is 21.5 Å². The number of hydrogen-bond donors (Lipinski definition) is 1. The molecule has 3 rings (SSSR count). The molecule has 0 saturated carbocycles. The molecule has 2 aromatic heterocycles. The SMILES string of the molecule is C[C@@H](C(=O)N[C@H]1CCc2nccn2C1)c1ccsc1. The Balaban J connectivity index is 1.62. The summed E-state index contributed by atoms with van der Waals surface area (Å²) in [4.78, 5) is 16.5. The van der Waals surface area contributed by atoms with Crippen LogP contribution < -0.4 is 5.32 Å². The molecule has 0 fully saturated rings. The quantitative estimate of drug-likeness (QED) is 0.933. The minimum Gasteiger partial charge on any atom is -0.351 e. The molecule has 4 nitrogen and oxygen atoms in total. The fourth-order valence-electron chi connectivity index (χ4n) is 2.48. The summed E-state index contributed by atoms with van der Waals surface area (Å²) in [5.74, 6) is 1.17. The number of thiophene rings is 1. The summed E-state index contributed by atoms with van der Waals surface area (Å²) in [6, 6.07) is 2.24. The first-order valence-electron chi connectivity index (χ1n) is 6.56. The van der Waals surface area contributed by atoms with Crippen molar-refractivity contribution in [3.63, 3.8) is 0 Å². The maximum absolute atomic E-state index is 12.2. The van der Waals surface area contributed by atoms with Crippen molar-refractivity contribution in [1.82, 2.24) is 14.9 Å². The van der Waals surface area contributed by atoms with Crippen LogP contribution in [0.3, 0.4) is 0 Å². The van der Waals surface area contributed by atoms with Gasteiger partial charge in [-0.2, -0.15) is 11.3 Å². The van der Waals surface area contributed by atoms with Crippen LogP contribution in [-0.2, 0) is 17.8 Å². The maximum Gasteiger partial charge on any atom is 0.227 e. The molecule has 0 aliphatic carbocycles. The van der Waals surface area contributed by atoms with Crippen molar-refractivity contribution >= 4 is 17.2 Å². The molecule has 100 valence electrons. The lowest BCUT2D eigenvalue weighted by atomic mass is 10.0. The van der Waals surface area contributed by atoms with E-state index in [-0.39, 0.29) is 17.9 Å². The lowest BCUT2D eigenvalue weighted by Gasteiger charge is -2.26. The van der Waals surface area contributed by atoms with Gasteiger partial charge in [0.1, 0.15) is 5.82 Å². The van der Waals surface area contributed by atoms with Gasteiger partial charge in [0, 0.05) is 31.4 Å². The molecule has 0 radical (unpaired) electrons. The number of rotatable bonds is 3. The highest BCUT2D eigenvalue weighted by atomic mass is 32.1. The van der Waals surface area contributed by atoms with Crippen LogP contribution in [0.15, 0.2) is 29.2 Å². The smallest absolute Gasteiger partial charge is 0.227 e. The topological polar surface area (TPSA) is 46.9 Å². The van der Waals surface area contributed by atoms with Crippen LogP contribution in [0.1, 0.15) is 30.7 Å². The molecule has 1 N–H and O–H groups in total. The molecule has 0 saturated heterocycles. The standard InChI is InChI=1S/C14H17N3OS/c1-10(11-4-7-19-9-11)14(18)16-12-2-3-13-15-5-6-17(13)8-12/h4-7,9-10,12H,2-3,8H2,1H3,(H,16,18)/t10-,12+/m1/s1. The van der Waals surface area contributed by atoms with Gasteiger partial charge in [-0.15, -0.1) is 0 Å². The minimum absolute atomic E-state index is 0.0737. The van der Waals surface area contributed by atoms with Crippen molar-refractivity contribution in [3.05, 3.63) is 40.6 Å². The molecule has 0 bridgehead atoms. The molecule has 0 spiro atoms. The Labute approximate surface area is 116 Å². The van der Waals surface area contributed by atoms with E-state index in [1.165, 1.54) is 0 Å². The monoisotopic (exact) mass is 275 g/mol. The Hall–Kier alpha value is -1.62. The number of fused-ring (bicyclic) bond motifs is 1. The number of hydrogen-bond acceptors (Lipinski definition) is 3. The summed E-state index contributed by atoms with van der Waals surface area (Å²) in [6.07, 6.45) is 5.72. The normalized spacial score (nSPS) is 19.7. The predicted octanol–water partition coefficient (Wildman–Crippen LogP) is 2.18. The summed E-state index contributed by atoms with van der Waals surface area (Å²) in [5.41, 5.74) is 1.10. The Bertz CT molecular complexity index is 561. The van der Waals surface area contributed by atoms with Crippen LogP contribution in [0.2, 0.25) is 0 Å². The molecule has 19 heavy (non-hydrogen) atoms. The van der Waals surface area contributed by atoms with Gasteiger partial charge in [-0.3, -0.25) is 4.79 Å². The summed E-state index contributed by atoms with van der Waals surface area (Å²) >= 11 is 1.63. The van der Waals surface area contributed by atoms with Gasteiger partial charge < -0.3 is 9.88 Å². The van der Waals surface area contributed by atoms with Crippen molar-refractivity contribution in [1.29, 1.82) is 0 Å². The molecular weight excluding hydrogens is 258 g/mol. The molecule has 3 heterocycles. The highest BCUT2D eigenvalue weighted by Crippen LogP contribution is 2.19. The van der Waals surface area contributed by atoms with Crippen molar-refractivity contribution in [2.24, 2.45) is 0 Å². The Morgan fingerprint density at radius 3 is 3.32 bits per heavy atom. The molecule has 2 aromatic rings. The lowest BCUT2D eigenvalue weighted by Crippen LogP contribution is -2.42. The molecule has 1 aliphatic heterocycles. The zero-order valence-electron chi connectivity index (χ0n) is 10.9. The third kappa shape index (κ3) is 2.56. The molecular formula is C14H17N3OS. The molecule has 2 atom stereocenters. The van der Waals surface area contributed by atoms with Crippen LogP contribution in [0, 0.1) is 0 Å². The van der Waals surface area contributed by atoms with E-state index in [9.17, 15) is 4.79 Å². The van der Waals surface area contributed by atoms with E-state index in [4.69, 9.17) is 0 Å². The molecule has 1 amide bonds. The van der Waals surface area contributed by atoms with Crippen molar-refractivity contribution in [2.75, 3.05) is 0 Å². The Kier molecular flexibility index (Phi) is 3.38. The van der Waals surface area contributed by atoms with Crippen LogP contribution in [0.4, 0.5) is 0 Å². The third-order valence-electron chi connectivity index (χ3n) is 3.72. The fraction of sp³-hybridized carbons (Fsp3) is 0.429. The van der Waals surface area contributed by atoms with Gasteiger partial charge in [-0.05, 0) is 35.7 Å². The summed E-state index contributed by atoms with van der Waals surface area (Å²) in [5, 5.41) is 7.21. The average molecular weight is 275 g/mol. The molecule has 1 aliphatic rings. The van der Waals surface area contributed by atoms with E-state index < -0.39 is 0 Å². The van der Waals surface area contributed by atoms with Crippen molar-refractivity contribution < 1.29 is 4.79 Å². The number of aryl methyl sites for hydroxylation is 1. The molecule has 0 aromatic carbocycles. The highest BCUT2D eigenvalue weighted by molar-refractivity contribution is 7.08. The number of carbonyl (C=O) groups is 1. The second-order valence-electron chi connectivity index (χ2n) is 5.02. The lowest BCUT2D eigenvalue weighted by molar-refractivity contribution is -0.123. The Morgan fingerprint density at radius 1 is 1.63 bits per heavy atom. The zero-order chi connectivity index (χ0) is 13.2. The summed E-state index contributed by atoms with van der Waals surface area (Å²) < 4.78 is 2.13. The number of nitrogens with one attached hydrogen (secondary N) is 1. The van der Waals surface area contributed by atoms with E-state index in [0.717, 1.165) is 30.8 Å². The number of amides is 1. The van der Waals surface area contributed by atoms with E-state index in [1.807, 2.05) is 36.1 Å². The van der Waals surface area contributed by atoms with Crippen molar-refractivity contribution in [3.8, 4) is 0 Å². The van der Waals surface area contributed by atoms with Gasteiger partial charge in [-0.25, -0.2) is 4.98 Å². The first-order valence-corrected chi connectivity index (χ1v) is 7.51. The predicted molar refractivity (Wildman–Crippen MR) is 75.2 cm³/mol. The first-order chi connectivity index (χ1) is 9.24. The third-order valence-corrected chi connectivity index (χ3v) is 4.42. The number of aromatic nitrogens is 2. The van der Waals surface area contributed by atoms with Crippen LogP contribution >= 0.6 is 11.3 Å². The number of imidazole rings is 1. The van der Waals surface area contributed by atoms with Crippen LogP contribution in [0.5, 0.6) is 0 Å². The minimum atomic E-state index is -0.0737. The largest absolute Gasteiger partial charge is 0.351 e. The summed E-state index contributed by atoms with van der Waals surface area (Å²) in [6.45, 7) is 2.79. The first kappa shape index (κ1) is 12.4. The Morgan fingerprint density at radius 2 is 2.53 bits per heavy atom. The van der Waals surface area contributed by atoms with Gasteiger partial charge in [0.25, 0.3) is 0 Å². The van der Waals surface area contributed by atoms with E-state index in [1.54, 1.807) is 11.3 Å². The van der Waals surface area contributed by atoms with E-state index >= 15 is 0 Å². The zero-order valence-corrected chi connectivity index (χ0v) is 11.7.